The maximum atomic E-state index is 5.60. The lowest BCUT2D eigenvalue weighted by Crippen LogP contribution is -2.14. The predicted molar refractivity (Wildman–Crippen MR) is 226 cm³/mol. The molecule has 294 valence electrons. The van der Waals surface area contributed by atoms with Gasteiger partial charge in [0.25, 0.3) is 0 Å². The first-order chi connectivity index (χ1) is 23.9. The summed E-state index contributed by atoms with van der Waals surface area (Å²) in [6.07, 6.45) is 0. The zero-order chi connectivity index (χ0) is 38.6. The Hall–Kier alpha value is -1.40. The van der Waals surface area contributed by atoms with Crippen molar-refractivity contribution in [1.29, 1.82) is 0 Å². The van der Waals surface area contributed by atoms with Gasteiger partial charge in [-0.25, -0.2) is 0 Å². The molecule has 0 fully saturated rings. The zero-order valence-corrected chi connectivity index (χ0v) is 37.1. The van der Waals surface area contributed by atoms with Crippen LogP contribution in [0.5, 0.6) is 0 Å². The first-order valence-electron chi connectivity index (χ1n) is 17.3. The molecule has 0 aliphatic heterocycles. The molecule has 0 unspecified atom stereocenters. The van der Waals surface area contributed by atoms with Gasteiger partial charge < -0.3 is 28.4 Å². The normalized spacial score (nSPS) is 12.0. The number of hydrogen-bond acceptors (Lipinski definition) is 8. The van der Waals surface area contributed by atoms with E-state index in [1.165, 1.54) is 59.9 Å². The lowest BCUT2D eigenvalue weighted by atomic mass is 9.85. The van der Waals surface area contributed by atoms with Crippen LogP contribution in [0.2, 0.25) is 0 Å². The summed E-state index contributed by atoms with van der Waals surface area (Å²) in [7, 11) is 14.0. The molecule has 0 aromatic heterocycles. The number of rotatable bonds is 15. The van der Waals surface area contributed by atoms with E-state index in [4.69, 9.17) is 28.4 Å². The molecule has 0 N–H and O–H groups in total. The Labute approximate surface area is 333 Å². The van der Waals surface area contributed by atoms with E-state index in [9.17, 15) is 0 Å². The lowest BCUT2D eigenvalue weighted by molar-refractivity contribution is 0.175. The molecule has 0 aliphatic rings. The van der Waals surface area contributed by atoms with Gasteiger partial charge in [-0.05, 0) is 66.3 Å². The quantitative estimate of drug-likeness (QED) is 0.141. The maximum Gasteiger partial charge on any atom is 0.0724 e. The minimum Gasteiger partial charge on any atom is -0.380 e. The van der Waals surface area contributed by atoms with Gasteiger partial charge in [0.1, 0.15) is 0 Å². The van der Waals surface area contributed by atoms with Crippen molar-refractivity contribution in [2.45, 2.75) is 135 Å². The molecule has 3 rings (SSSR count). The Kier molecular flexibility index (Phi) is 20.8. The Balaban J connectivity index is 0.000000632. The van der Waals surface area contributed by atoms with E-state index in [1.807, 2.05) is 0 Å². The van der Waals surface area contributed by atoms with Gasteiger partial charge in [0.05, 0.1) is 39.6 Å². The van der Waals surface area contributed by atoms with E-state index < -0.39 is 0 Å². The van der Waals surface area contributed by atoms with Gasteiger partial charge in [0.15, 0.2) is 0 Å². The van der Waals surface area contributed by atoms with Crippen molar-refractivity contribution in [2.24, 2.45) is 0 Å². The molecule has 0 bridgehead atoms. The van der Waals surface area contributed by atoms with Crippen LogP contribution < -0.4 is 0 Å². The van der Waals surface area contributed by atoms with Gasteiger partial charge in [-0.2, -0.15) is 0 Å². The van der Waals surface area contributed by atoms with Crippen molar-refractivity contribution in [2.75, 3.05) is 42.7 Å². The van der Waals surface area contributed by atoms with Crippen LogP contribution in [0.4, 0.5) is 0 Å². The average Bonchev–Trinajstić information content (AvgIpc) is 3.02. The van der Waals surface area contributed by atoms with Gasteiger partial charge >= 0.3 is 0 Å². The summed E-state index contributed by atoms with van der Waals surface area (Å²) < 4.78 is 34.0. The summed E-state index contributed by atoms with van der Waals surface area (Å²) in [6, 6.07) is 13.5. The first kappa shape index (κ1) is 48.6. The van der Waals surface area contributed by atoms with E-state index >= 15 is 0 Å². The lowest BCUT2D eigenvalue weighted by Gasteiger charge is -2.25. The van der Waals surface area contributed by atoms with Crippen LogP contribution >= 0.6 is 37.5 Å². The minimum absolute atomic E-state index is 0. The van der Waals surface area contributed by atoms with E-state index in [0.717, 1.165) is 4.47 Å². The standard InChI is InChI=1S/C28H42O4S2.C14H21BrO2.CH4/c1-27(2,3)23-11-19(15-29-7)25(20(12-23)16-30-8)33-34-26-21(17-31-9)13-24(28(4,5)6)14-22(26)18-32-10;1-14(2,3)12-6-10(8-16-4)13(15)11(7-12)9-17-5;/h11-14H,15-18H2,1-10H3;6-7H,8-9H2,1-5H3;1H4. The van der Waals surface area contributed by atoms with Crippen molar-refractivity contribution >= 4 is 37.5 Å². The van der Waals surface area contributed by atoms with Crippen molar-refractivity contribution < 1.29 is 28.4 Å². The fourth-order valence-corrected chi connectivity index (χ4v) is 8.74. The minimum atomic E-state index is 0. The number of hydrogen-bond donors (Lipinski definition) is 0. The molecule has 52 heavy (non-hydrogen) atoms. The summed E-state index contributed by atoms with van der Waals surface area (Å²) in [5.74, 6) is 0. The second-order valence-electron chi connectivity index (χ2n) is 15.9. The number of ether oxygens (including phenoxy) is 6. The molecule has 0 spiro atoms. The molecular weight excluding hydrogens is 757 g/mol. The topological polar surface area (TPSA) is 55.4 Å². The van der Waals surface area contributed by atoms with E-state index in [-0.39, 0.29) is 23.7 Å². The summed E-state index contributed by atoms with van der Waals surface area (Å²) in [5, 5.41) is 0. The summed E-state index contributed by atoms with van der Waals surface area (Å²) >= 11 is 3.62. The summed E-state index contributed by atoms with van der Waals surface area (Å²) in [6.45, 7) is 23.5. The van der Waals surface area contributed by atoms with Crippen molar-refractivity contribution in [3.05, 3.63) is 90.9 Å². The van der Waals surface area contributed by atoms with Gasteiger partial charge in [-0.3, -0.25) is 0 Å². The first-order valence-corrected chi connectivity index (χ1v) is 20.2. The number of halogens is 1. The molecule has 0 saturated carbocycles. The van der Waals surface area contributed by atoms with Crippen LogP contribution in [-0.4, -0.2) is 42.7 Å². The zero-order valence-electron chi connectivity index (χ0n) is 33.9. The fourth-order valence-electron chi connectivity index (χ4n) is 5.43. The highest BCUT2D eigenvalue weighted by molar-refractivity contribution is 9.10. The highest BCUT2D eigenvalue weighted by Crippen LogP contribution is 2.46. The molecular formula is C43H67BrO6S2. The van der Waals surface area contributed by atoms with Crippen LogP contribution in [0.1, 0.15) is 120 Å². The molecule has 9 heteroatoms. The fraction of sp³-hybridized carbons (Fsp3) is 0.581. The van der Waals surface area contributed by atoms with E-state index in [2.05, 4.69) is 115 Å². The Morgan fingerprint density at radius 1 is 0.404 bits per heavy atom. The second kappa shape index (κ2) is 22.2. The SMILES string of the molecule is C.COCc1cc(C(C)(C)C)cc(COC)c1Br.COCc1cc(C(C)(C)C)cc(COC)c1SSc1c(COC)cc(C(C)(C)C)cc1COC. The van der Waals surface area contributed by atoms with E-state index in [1.54, 1.807) is 64.2 Å². The van der Waals surface area contributed by atoms with Crippen LogP contribution in [0.15, 0.2) is 50.7 Å². The third kappa shape index (κ3) is 14.3. The van der Waals surface area contributed by atoms with Crippen LogP contribution in [0.25, 0.3) is 0 Å². The summed E-state index contributed by atoms with van der Waals surface area (Å²) in [5.41, 5.74) is 11.2. The van der Waals surface area contributed by atoms with Crippen LogP contribution in [-0.2, 0) is 84.3 Å². The molecule has 0 atom stereocenters. The average molecular weight is 824 g/mol. The van der Waals surface area contributed by atoms with Crippen molar-refractivity contribution in [3.63, 3.8) is 0 Å². The van der Waals surface area contributed by atoms with Crippen molar-refractivity contribution in [3.8, 4) is 0 Å². The molecule has 0 saturated heterocycles. The molecule has 6 nitrogen and oxygen atoms in total. The third-order valence-corrected chi connectivity index (χ3v) is 12.0. The Bertz CT molecular complexity index is 1380. The smallest absolute Gasteiger partial charge is 0.0724 e. The maximum absolute atomic E-state index is 5.60. The molecule has 0 heterocycles. The summed E-state index contributed by atoms with van der Waals surface area (Å²) in [4.78, 5) is 2.40. The van der Waals surface area contributed by atoms with Crippen LogP contribution in [0.3, 0.4) is 0 Å². The molecule has 0 aliphatic carbocycles. The third-order valence-electron chi connectivity index (χ3n) is 8.31. The van der Waals surface area contributed by atoms with Gasteiger partial charge in [0, 0.05) is 56.9 Å². The monoisotopic (exact) mass is 822 g/mol. The molecule has 3 aromatic rings. The van der Waals surface area contributed by atoms with Crippen molar-refractivity contribution in [1.82, 2.24) is 0 Å². The van der Waals surface area contributed by atoms with Gasteiger partial charge in [-0.1, -0.05) is 144 Å². The van der Waals surface area contributed by atoms with E-state index in [0.29, 0.717) is 39.6 Å². The Morgan fingerprint density at radius 2 is 0.596 bits per heavy atom. The number of methoxy groups -OCH3 is 6. The highest BCUT2D eigenvalue weighted by atomic mass is 79.9. The largest absolute Gasteiger partial charge is 0.380 e. The molecule has 0 amide bonds. The second-order valence-corrected chi connectivity index (χ2v) is 18.8. The van der Waals surface area contributed by atoms with Gasteiger partial charge in [-0.15, -0.1) is 0 Å². The molecule has 3 aromatic carbocycles. The van der Waals surface area contributed by atoms with Gasteiger partial charge in [0.2, 0.25) is 0 Å². The highest BCUT2D eigenvalue weighted by Gasteiger charge is 2.23. The predicted octanol–water partition coefficient (Wildman–Crippen LogP) is 12.3. The Morgan fingerprint density at radius 3 is 0.788 bits per heavy atom. The number of benzene rings is 3. The molecule has 0 radical (unpaired) electrons. The van der Waals surface area contributed by atoms with Crippen LogP contribution in [0, 0.1) is 0 Å².